The molecule has 1 aliphatic rings. The summed E-state index contributed by atoms with van der Waals surface area (Å²) in [4.78, 5) is 14.3. The van der Waals surface area contributed by atoms with Gasteiger partial charge in [0.05, 0.1) is 10.6 Å². The van der Waals surface area contributed by atoms with Gasteiger partial charge in [-0.05, 0) is 49.1 Å². The molecule has 1 N–H and O–H groups in total. The quantitative estimate of drug-likeness (QED) is 0.781. The fourth-order valence-corrected chi connectivity index (χ4v) is 4.72. The van der Waals surface area contributed by atoms with E-state index in [0.29, 0.717) is 18.0 Å². The maximum Gasteiger partial charge on any atom is 0.262 e. The topological polar surface area (TPSA) is 66.5 Å². The van der Waals surface area contributed by atoms with Gasteiger partial charge in [-0.15, -0.1) is 0 Å². The Labute approximate surface area is 165 Å². The largest absolute Gasteiger partial charge is 0.341 e. The van der Waals surface area contributed by atoms with Crippen molar-refractivity contribution in [2.45, 2.75) is 37.0 Å². The van der Waals surface area contributed by atoms with Crippen LogP contribution in [0.3, 0.4) is 0 Å². The molecule has 0 aromatic heterocycles. The first-order chi connectivity index (χ1) is 13.4. The minimum atomic E-state index is -4.01. The van der Waals surface area contributed by atoms with Crippen molar-refractivity contribution in [3.8, 4) is 0 Å². The predicted molar refractivity (Wildman–Crippen MR) is 107 cm³/mol. The Hall–Kier alpha value is -2.41. The lowest BCUT2D eigenvalue weighted by atomic mass is 9.89. The predicted octanol–water partition coefficient (Wildman–Crippen LogP) is 4.28. The Kier molecular flexibility index (Phi) is 6.34. The number of nitrogens with zero attached hydrogens (tertiary/aromatic N) is 1. The van der Waals surface area contributed by atoms with E-state index in [1.54, 1.807) is 24.1 Å². The van der Waals surface area contributed by atoms with Gasteiger partial charge < -0.3 is 4.90 Å². The van der Waals surface area contributed by atoms with Crippen molar-refractivity contribution < 1.29 is 17.6 Å². The number of nitrogens with one attached hydrogen (secondary N) is 1. The average molecular weight is 405 g/mol. The lowest BCUT2D eigenvalue weighted by molar-refractivity contribution is 0.0760. The van der Waals surface area contributed by atoms with Crippen LogP contribution in [0.25, 0.3) is 0 Å². The summed E-state index contributed by atoms with van der Waals surface area (Å²) in [5.41, 5.74) is 0.170. The van der Waals surface area contributed by atoms with E-state index in [0.717, 1.165) is 12.8 Å². The third-order valence-electron chi connectivity index (χ3n) is 5.11. The molecular weight excluding hydrogens is 379 g/mol. The maximum atomic E-state index is 13.8. The maximum absolute atomic E-state index is 13.8. The van der Waals surface area contributed by atoms with Crippen LogP contribution >= 0.6 is 0 Å². The Morgan fingerprint density at radius 2 is 1.82 bits per heavy atom. The lowest BCUT2D eigenvalue weighted by Crippen LogP contribution is -2.32. The summed E-state index contributed by atoms with van der Waals surface area (Å²) in [6.45, 7) is 0.670. The third-order valence-corrected chi connectivity index (χ3v) is 6.48. The Morgan fingerprint density at radius 3 is 2.54 bits per heavy atom. The highest BCUT2D eigenvalue weighted by Gasteiger charge is 2.22. The van der Waals surface area contributed by atoms with Crippen molar-refractivity contribution in [1.29, 1.82) is 0 Å². The molecule has 3 rings (SSSR count). The minimum Gasteiger partial charge on any atom is -0.341 e. The van der Waals surface area contributed by atoms with Crippen LogP contribution in [0, 0.1) is 11.7 Å². The van der Waals surface area contributed by atoms with Crippen LogP contribution in [0.4, 0.5) is 10.1 Å². The number of carbonyl (C=O) groups excluding carboxylic acids is 1. The third kappa shape index (κ3) is 4.90. The highest BCUT2D eigenvalue weighted by Crippen LogP contribution is 2.25. The number of benzene rings is 2. The first kappa shape index (κ1) is 20.3. The Morgan fingerprint density at radius 1 is 1.11 bits per heavy atom. The van der Waals surface area contributed by atoms with Crippen molar-refractivity contribution in [2.24, 2.45) is 5.92 Å². The fraction of sp³-hybridized carbons (Fsp3) is 0.381. The number of hydrogen-bond donors (Lipinski definition) is 1. The van der Waals surface area contributed by atoms with Crippen LogP contribution in [0.15, 0.2) is 53.4 Å². The molecule has 1 amide bonds. The molecule has 0 atom stereocenters. The Bertz CT molecular complexity index is 940. The summed E-state index contributed by atoms with van der Waals surface area (Å²) in [5.74, 6) is -0.378. The smallest absolute Gasteiger partial charge is 0.262 e. The van der Waals surface area contributed by atoms with Crippen LogP contribution in [0.1, 0.15) is 42.5 Å². The molecule has 0 heterocycles. The zero-order valence-electron chi connectivity index (χ0n) is 15.9. The standard InChI is InChI=1S/C21H25FN2O3S/c1-24(15-16-8-3-2-4-9-16)21(25)17-10-7-11-18(14-17)28(26,27)23-20-13-6-5-12-19(20)22/h5-7,10-14,16,23H,2-4,8-9,15H2,1H3. The second kappa shape index (κ2) is 8.73. The zero-order valence-corrected chi connectivity index (χ0v) is 16.7. The number of para-hydroxylation sites is 1. The number of amides is 1. The van der Waals surface area contributed by atoms with Crippen molar-refractivity contribution >= 4 is 21.6 Å². The van der Waals surface area contributed by atoms with Gasteiger partial charge in [0.25, 0.3) is 15.9 Å². The van der Waals surface area contributed by atoms with Gasteiger partial charge in [-0.25, -0.2) is 12.8 Å². The van der Waals surface area contributed by atoms with Crippen LogP contribution in [0.5, 0.6) is 0 Å². The summed E-state index contributed by atoms with van der Waals surface area (Å²) in [5, 5.41) is 0. The first-order valence-electron chi connectivity index (χ1n) is 9.50. The van der Waals surface area contributed by atoms with Gasteiger partial charge in [0.15, 0.2) is 0 Å². The SMILES string of the molecule is CN(CC1CCCCC1)C(=O)c1cccc(S(=O)(=O)Nc2ccccc2F)c1. The van der Waals surface area contributed by atoms with E-state index < -0.39 is 15.8 Å². The summed E-state index contributed by atoms with van der Waals surface area (Å²) in [7, 11) is -2.26. The molecule has 0 unspecified atom stereocenters. The highest BCUT2D eigenvalue weighted by molar-refractivity contribution is 7.92. The van der Waals surface area contributed by atoms with E-state index in [1.165, 1.54) is 55.7 Å². The Balaban J connectivity index is 1.75. The van der Waals surface area contributed by atoms with Gasteiger partial charge >= 0.3 is 0 Å². The summed E-state index contributed by atoms with van der Waals surface area (Å²) in [6.07, 6.45) is 5.89. The van der Waals surface area contributed by atoms with E-state index in [9.17, 15) is 17.6 Å². The van der Waals surface area contributed by atoms with E-state index in [-0.39, 0.29) is 16.5 Å². The molecule has 0 aliphatic heterocycles. The number of anilines is 1. The van der Waals surface area contributed by atoms with Crippen LogP contribution in [-0.2, 0) is 10.0 Å². The van der Waals surface area contributed by atoms with Gasteiger partial charge in [0.1, 0.15) is 5.82 Å². The molecule has 0 spiro atoms. The molecule has 150 valence electrons. The average Bonchev–Trinajstić information content (AvgIpc) is 2.70. The fourth-order valence-electron chi connectivity index (χ4n) is 3.60. The number of carbonyl (C=O) groups is 1. The van der Waals surface area contributed by atoms with E-state index in [2.05, 4.69) is 4.72 Å². The van der Waals surface area contributed by atoms with Gasteiger partial charge in [-0.1, -0.05) is 37.5 Å². The van der Waals surface area contributed by atoms with Crippen molar-refractivity contribution in [2.75, 3.05) is 18.3 Å². The number of rotatable bonds is 6. The second-order valence-electron chi connectivity index (χ2n) is 7.30. The molecule has 0 bridgehead atoms. The van der Waals surface area contributed by atoms with Crippen molar-refractivity contribution in [3.63, 3.8) is 0 Å². The van der Waals surface area contributed by atoms with Crippen LogP contribution in [-0.4, -0.2) is 32.8 Å². The molecule has 1 saturated carbocycles. The minimum absolute atomic E-state index is 0.0762. The molecular formula is C21H25FN2O3S. The normalized spacial score (nSPS) is 15.2. The molecule has 28 heavy (non-hydrogen) atoms. The molecule has 1 fully saturated rings. The molecule has 5 nitrogen and oxygen atoms in total. The van der Waals surface area contributed by atoms with Gasteiger partial charge in [-0.3, -0.25) is 9.52 Å². The second-order valence-corrected chi connectivity index (χ2v) is 8.99. The van der Waals surface area contributed by atoms with Gasteiger partial charge in [-0.2, -0.15) is 0 Å². The molecule has 2 aromatic rings. The zero-order chi connectivity index (χ0) is 20.1. The molecule has 1 aliphatic carbocycles. The summed E-state index contributed by atoms with van der Waals surface area (Å²) >= 11 is 0. The van der Waals surface area contributed by atoms with Gasteiger partial charge in [0.2, 0.25) is 0 Å². The van der Waals surface area contributed by atoms with Crippen LogP contribution in [0.2, 0.25) is 0 Å². The molecule has 0 radical (unpaired) electrons. The molecule has 0 saturated heterocycles. The highest BCUT2D eigenvalue weighted by atomic mass is 32.2. The van der Waals surface area contributed by atoms with Crippen molar-refractivity contribution in [1.82, 2.24) is 4.90 Å². The monoisotopic (exact) mass is 404 g/mol. The summed E-state index contributed by atoms with van der Waals surface area (Å²) < 4.78 is 41.2. The van der Waals surface area contributed by atoms with Crippen molar-refractivity contribution in [3.05, 3.63) is 59.9 Å². The lowest BCUT2D eigenvalue weighted by Gasteiger charge is -2.27. The number of hydrogen-bond acceptors (Lipinski definition) is 3. The van der Waals surface area contributed by atoms with Crippen LogP contribution < -0.4 is 4.72 Å². The number of halogens is 1. The first-order valence-corrected chi connectivity index (χ1v) is 11.0. The molecule has 7 heteroatoms. The van der Waals surface area contributed by atoms with E-state index in [4.69, 9.17) is 0 Å². The van der Waals surface area contributed by atoms with E-state index >= 15 is 0 Å². The summed E-state index contributed by atoms with van der Waals surface area (Å²) in [6, 6.07) is 11.4. The molecule has 2 aromatic carbocycles. The van der Waals surface area contributed by atoms with E-state index in [1.807, 2.05) is 0 Å². The number of sulfonamides is 1. The van der Waals surface area contributed by atoms with Gasteiger partial charge in [0, 0.05) is 19.2 Å².